The van der Waals surface area contributed by atoms with Crippen LogP contribution in [0.5, 0.6) is 0 Å². The number of hydrogen-bond donors (Lipinski definition) is 0. The summed E-state index contributed by atoms with van der Waals surface area (Å²) >= 11 is 0. The number of rotatable bonds is 7. The fraction of sp³-hybridized carbons (Fsp3) is 0.417. The van der Waals surface area contributed by atoms with Gasteiger partial charge < -0.3 is 9.47 Å². The van der Waals surface area contributed by atoms with Crippen LogP contribution in [0.4, 0.5) is 0 Å². The van der Waals surface area contributed by atoms with Crippen LogP contribution in [0.15, 0.2) is 72.3 Å². The highest BCUT2D eigenvalue weighted by Crippen LogP contribution is 2.62. The Bertz CT molecular complexity index is 692. The zero-order chi connectivity index (χ0) is 18.6. The first-order valence-corrected chi connectivity index (χ1v) is 9.46. The summed E-state index contributed by atoms with van der Waals surface area (Å²) in [5.74, 6) is 0. The molecule has 1 aliphatic rings. The molecular formula is C24H30O2. The molecule has 0 aromatic heterocycles. The van der Waals surface area contributed by atoms with E-state index in [9.17, 15) is 0 Å². The Balaban J connectivity index is 2.08. The van der Waals surface area contributed by atoms with Gasteiger partial charge >= 0.3 is 0 Å². The minimum Gasteiger partial charge on any atom is -0.382 e. The van der Waals surface area contributed by atoms with E-state index >= 15 is 0 Å². The molecule has 1 fully saturated rings. The second kappa shape index (κ2) is 7.77. The van der Waals surface area contributed by atoms with Crippen LogP contribution < -0.4 is 0 Å². The number of allylic oxidation sites excluding steroid dienone is 2. The molecule has 1 heterocycles. The summed E-state index contributed by atoms with van der Waals surface area (Å²) in [6.07, 6.45) is 4.51. The van der Waals surface area contributed by atoms with Crippen LogP contribution in [-0.2, 0) is 15.1 Å². The van der Waals surface area contributed by atoms with Gasteiger partial charge in [-0.05, 0) is 37.8 Å². The Hall–Kier alpha value is -1.90. The van der Waals surface area contributed by atoms with Gasteiger partial charge in [-0.3, -0.25) is 0 Å². The monoisotopic (exact) mass is 350 g/mol. The topological polar surface area (TPSA) is 18.5 Å². The molecule has 2 aromatic carbocycles. The van der Waals surface area contributed by atoms with Gasteiger partial charge in [0.1, 0.15) is 5.60 Å². The van der Waals surface area contributed by atoms with Gasteiger partial charge in [0.05, 0.1) is 12.7 Å². The quantitative estimate of drug-likeness (QED) is 0.594. The van der Waals surface area contributed by atoms with Crippen molar-refractivity contribution < 1.29 is 9.47 Å². The van der Waals surface area contributed by atoms with Gasteiger partial charge in [-0.15, -0.1) is 0 Å². The summed E-state index contributed by atoms with van der Waals surface area (Å²) in [5, 5.41) is 0. The van der Waals surface area contributed by atoms with Gasteiger partial charge in [-0.1, -0.05) is 79.2 Å². The predicted molar refractivity (Wildman–Crippen MR) is 107 cm³/mol. The van der Waals surface area contributed by atoms with Crippen LogP contribution in [0.2, 0.25) is 0 Å². The Morgan fingerprint density at radius 2 is 1.54 bits per heavy atom. The maximum atomic E-state index is 6.67. The molecule has 2 atom stereocenters. The van der Waals surface area contributed by atoms with Crippen molar-refractivity contribution in [2.45, 2.75) is 45.3 Å². The van der Waals surface area contributed by atoms with Crippen molar-refractivity contribution in [2.75, 3.05) is 13.7 Å². The van der Waals surface area contributed by atoms with Crippen molar-refractivity contribution in [3.63, 3.8) is 0 Å². The second-order valence-corrected chi connectivity index (χ2v) is 7.71. The smallest absolute Gasteiger partial charge is 0.126 e. The largest absolute Gasteiger partial charge is 0.382 e. The van der Waals surface area contributed by atoms with Gasteiger partial charge in [-0.25, -0.2) is 0 Å². The summed E-state index contributed by atoms with van der Waals surface area (Å²) < 4.78 is 12.2. The molecule has 2 aromatic rings. The van der Waals surface area contributed by atoms with Gasteiger partial charge in [0.25, 0.3) is 0 Å². The van der Waals surface area contributed by atoms with Crippen molar-refractivity contribution in [3.8, 4) is 0 Å². The lowest BCUT2D eigenvalue weighted by Gasteiger charge is -2.63. The molecule has 26 heavy (non-hydrogen) atoms. The summed E-state index contributed by atoms with van der Waals surface area (Å²) in [6.45, 7) is 7.30. The number of methoxy groups -OCH3 is 1. The van der Waals surface area contributed by atoms with E-state index in [0.29, 0.717) is 6.61 Å². The first kappa shape index (κ1) is 18.9. The van der Waals surface area contributed by atoms with Crippen LogP contribution in [0, 0.1) is 5.41 Å². The predicted octanol–water partition coefficient (Wildman–Crippen LogP) is 5.73. The molecule has 0 N–H and O–H groups in total. The lowest BCUT2D eigenvalue weighted by molar-refractivity contribution is -0.314. The van der Waals surface area contributed by atoms with Crippen molar-refractivity contribution in [2.24, 2.45) is 5.41 Å². The lowest BCUT2D eigenvalue weighted by atomic mass is 9.56. The average Bonchev–Trinajstić information content (AvgIpc) is 2.66. The fourth-order valence-corrected chi connectivity index (χ4v) is 4.32. The number of benzene rings is 2. The Kier molecular flexibility index (Phi) is 5.64. The highest BCUT2D eigenvalue weighted by atomic mass is 16.6. The summed E-state index contributed by atoms with van der Waals surface area (Å²) in [4.78, 5) is 0. The van der Waals surface area contributed by atoms with Crippen molar-refractivity contribution >= 4 is 0 Å². The average molecular weight is 351 g/mol. The zero-order valence-electron chi connectivity index (χ0n) is 16.4. The van der Waals surface area contributed by atoms with E-state index in [0.717, 1.165) is 12.8 Å². The molecule has 0 radical (unpaired) electrons. The third-order valence-electron chi connectivity index (χ3n) is 5.73. The molecule has 2 heteroatoms. The summed E-state index contributed by atoms with van der Waals surface area (Å²) in [7, 11) is 1.75. The minimum atomic E-state index is -0.436. The molecule has 1 aliphatic heterocycles. The van der Waals surface area contributed by atoms with Gasteiger partial charge in [0, 0.05) is 12.5 Å². The van der Waals surface area contributed by atoms with E-state index in [2.05, 4.69) is 87.5 Å². The molecule has 0 spiro atoms. The summed E-state index contributed by atoms with van der Waals surface area (Å²) in [6, 6.07) is 21.3. The molecular weight excluding hydrogens is 320 g/mol. The molecule has 2 unspecified atom stereocenters. The van der Waals surface area contributed by atoms with Crippen molar-refractivity contribution in [3.05, 3.63) is 83.4 Å². The van der Waals surface area contributed by atoms with Crippen LogP contribution in [-0.4, -0.2) is 19.8 Å². The molecule has 138 valence electrons. The minimum absolute atomic E-state index is 0.0440. The molecule has 1 saturated heterocycles. The normalized spacial score (nSPS) is 23.9. The fourth-order valence-electron chi connectivity index (χ4n) is 4.32. The van der Waals surface area contributed by atoms with Crippen molar-refractivity contribution in [1.29, 1.82) is 0 Å². The lowest BCUT2D eigenvalue weighted by Crippen LogP contribution is -2.67. The molecule has 2 nitrogen and oxygen atoms in total. The van der Waals surface area contributed by atoms with E-state index in [1.165, 1.54) is 16.7 Å². The molecule has 0 aliphatic carbocycles. The molecule has 3 rings (SSSR count). The number of ether oxygens (including phenoxy) is 2. The number of hydrogen-bond acceptors (Lipinski definition) is 2. The molecule has 0 saturated carbocycles. The van der Waals surface area contributed by atoms with E-state index in [-0.39, 0.29) is 11.5 Å². The van der Waals surface area contributed by atoms with Crippen LogP contribution >= 0.6 is 0 Å². The standard InChI is InChI=1S/C24H30O2/c1-19(2)12-11-17-23(3)22(18-25-4)26-24(23,20-13-7-5-8-14-20)21-15-9-6-10-16-21/h5-10,12-16,22H,11,17-18H2,1-4H3. The van der Waals surface area contributed by atoms with Gasteiger partial charge in [-0.2, -0.15) is 0 Å². The Morgan fingerprint density at radius 1 is 1.00 bits per heavy atom. The second-order valence-electron chi connectivity index (χ2n) is 7.71. The van der Waals surface area contributed by atoms with Gasteiger partial charge in [0.2, 0.25) is 0 Å². The first-order chi connectivity index (χ1) is 12.5. The SMILES string of the molecule is COCC1OC(c2ccccc2)(c2ccccc2)C1(C)CCC=C(C)C. The highest BCUT2D eigenvalue weighted by Gasteiger charge is 2.65. The van der Waals surface area contributed by atoms with E-state index in [1.807, 2.05) is 0 Å². The summed E-state index contributed by atoms with van der Waals surface area (Å²) in [5.41, 5.74) is 3.32. The first-order valence-electron chi connectivity index (χ1n) is 9.46. The highest BCUT2D eigenvalue weighted by molar-refractivity contribution is 5.43. The Morgan fingerprint density at radius 3 is 2.00 bits per heavy atom. The van der Waals surface area contributed by atoms with E-state index in [1.54, 1.807) is 7.11 Å². The molecule has 0 bridgehead atoms. The van der Waals surface area contributed by atoms with E-state index < -0.39 is 5.60 Å². The third kappa shape index (κ3) is 3.13. The molecule has 0 amide bonds. The van der Waals surface area contributed by atoms with Crippen LogP contribution in [0.3, 0.4) is 0 Å². The van der Waals surface area contributed by atoms with Crippen LogP contribution in [0.1, 0.15) is 44.7 Å². The van der Waals surface area contributed by atoms with Crippen molar-refractivity contribution in [1.82, 2.24) is 0 Å². The van der Waals surface area contributed by atoms with Gasteiger partial charge in [0.15, 0.2) is 0 Å². The third-order valence-corrected chi connectivity index (χ3v) is 5.73. The van der Waals surface area contributed by atoms with E-state index in [4.69, 9.17) is 9.47 Å². The maximum absolute atomic E-state index is 6.67. The van der Waals surface area contributed by atoms with Crippen LogP contribution in [0.25, 0.3) is 0 Å². The zero-order valence-corrected chi connectivity index (χ0v) is 16.4. The maximum Gasteiger partial charge on any atom is 0.126 e. The Labute approximate surface area is 157 Å².